The third-order valence-electron chi connectivity index (χ3n) is 6.06. The number of aryl methyl sites for hydroxylation is 1. The summed E-state index contributed by atoms with van der Waals surface area (Å²) < 4.78 is 27.2. The molecule has 0 bridgehead atoms. The third-order valence-corrected chi connectivity index (χ3v) is 6.06. The Morgan fingerprint density at radius 3 is 2.45 bits per heavy atom. The molecule has 1 unspecified atom stereocenters. The second kappa shape index (κ2) is 10.7. The van der Waals surface area contributed by atoms with Gasteiger partial charge in [0.05, 0.1) is 12.1 Å². The Morgan fingerprint density at radius 1 is 1.12 bits per heavy atom. The van der Waals surface area contributed by atoms with E-state index < -0.39 is 23.8 Å². The highest BCUT2D eigenvalue weighted by Crippen LogP contribution is 2.32. The maximum atomic E-state index is 13.6. The zero-order valence-corrected chi connectivity index (χ0v) is 20.1. The summed E-state index contributed by atoms with van der Waals surface area (Å²) in [6.45, 7) is 8.31. The van der Waals surface area contributed by atoms with Crippen molar-refractivity contribution in [2.75, 3.05) is 6.54 Å². The van der Waals surface area contributed by atoms with Crippen LogP contribution in [0.2, 0.25) is 0 Å². The molecule has 1 aliphatic carbocycles. The molecule has 0 radical (unpaired) electrons. The highest BCUT2D eigenvalue weighted by Gasteiger charge is 2.25. The number of rotatable bonds is 8. The Bertz CT molecular complexity index is 951. The van der Waals surface area contributed by atoms with E-state index in [1.165, 1.54) is 35.7 Å². The maximum absolute atomic E-state index is 13.6. The Balaban J connectivity index is 1.70. The summed E-state index contributed by atoms with van der Waals surface area (Å²) in [4.78, 5) is 11.7. The molecule has 2 aromatic carbocycles. The molecule has 0 aliphatic heterocycles. The van der Waals surface area contributed by atoms with Crippen molar-refractivity contribution in [1.29, 1.82) is 0 Å². The first-order valence-electron chi connectivity index (χ1n) is 11.8. The number of carbonyl (C=O) groups excluding carboxylic acids is 1. The van der Waals surface area contributed by atoms with E-state index in [-0.39, 0.29) is 30.3 Å². The number of carbonyl (C=O) groups is 1. The van der Waals surface area contributed by atoms with E-state index in [0.29, 0.717) is 5.56 Å². The van der Waals surface area contributed by atoms with Crippen LogP contribution in [0.4, 0.5) is 8.78 Å². The van der Waals surface area contributed by atoms with Crippen LogP contribution in [-0.4, -0.2) is 29.7 Å². The molecule has 0 saturated heterocycles. The van der Waals surface area contributed by atoms with Crippen molar-refractivity contribution < 1.29 is 18.7 Å². The van der Waals surface area contributed by atoms with Crippen molar-refractivity contribution in [2.24, 2.45) is 5.41 Å². The largest absolute Gasteiger partial charge is 0.390 e. The van der Waals surface area contributed by atoms with Gasteiger partial charge in [0.15, 0.2) is 0 Å². The molecule has 1 aliphatic rings. The lowest BCUT2D eigenvalue weighted by molar-refractivity contribution is -0.120. The third kappa shape index (κ3) is 7.61. The fourth-order valence-corrected chi connectivity index (χ4v) is 4.72. The van der Waals surface area contributed by atoms with E-state index in [0.717, 1.165) is 31.7 Å². The summed E-state index contributed by atoms with van der Waals surface area (Å²) in [6.07, 6.45) is 3.29. The number of amides is 1. The number of benzene rings is 2. The van der Waals surface area contributed by atoms with Crippen molar-refractivity contribution >= 4 is 5.91 Å². The lowest BCUT2D eigenvalue weighted by Crippen LogP contribution is -2.48. The van der Waals surface area contributed by atoms with Gasteiger partial charge in [-0.1, -0.05) is 39.0 Å². The van der Waals surface area contributed by atoms with E-state index in [2.05, 4.69) is 49.6 Å². The average Bonchev–Trinajstić information content (AvgIpc) is 2.69. The summed E-state index contributed by atoms with van der Waals surface area (Å²) in [5.74, 6) is -1.65. The van der Waals surface area contributed by atoms with Gasteiger partial charge in [0.25, 0.3) is 0 Å². The molecule has 0 spiro atoms. The molecule has 3 rings (SSSR count). The fraction of sp³-hybridized carbons (Fsp3) is 0.519. The molecule has 6 heteroatoms. The molecular formula is C27H36F2N2O2. The first-order chi connectivity index (χ1) is 15.5. The first-order valence-corrected chi connectivity index (χ1v) is 11.8. The SMILES string of the molecule is CC(=O)N[C@@H](Cc1cc(F)cc(F)c1)[C@H](O)CNC1CCCc2ccc(CC(C)(C)C)cc21. The van der Waals surface area contributed by atoms with Crippen molar-refractivity contribution in [3.63, 3.8) is 0 Å². The van der Waals surface area contributed by atoms with E-state index in [1.54, 1.807) is 0 Å². The van der Waals surface area contributed by atoms with Gasteiger partial charge < -0.3 is 15.7 Å². The van der Waals surface area contributed by atoms with Gasteiger partial charge in [0, 0.05) is 25.6 Å². The lowest BCUT2D eigenvalue weighted by atomic mass is 9.82. The molecule has 0 fully saturated rings. The van der Waals surface area contributed by atoms with Crippen LogP contribution in [0.25, 0.3) is 0 Å². The smallest absolute Gasteiger partial charge is 0.217 e. The zero-order valence-electron chi connectivity index (χ0n) is 20.1. The highest BCUT2D eigenvalue weighted by molar-refractivity contribution is 5.73. The average molecular weight is 459 g/mol. The number of hydrogen-bond donors (Lipinski definition) is 3. The van der Waals surface area contributed by atoms with Gasteiger partial charge in [-0.05, 0) is 71.9 Å². The van der Waals surface area contributed by atoms with Gasteiger partial charge in [0.2, 0.25) is 5.91 Å². The van der Waals surface area contributed by atoms with Crippen LogP contribution in [0, 0.1) is 17.0 Å². The molecule has 3 N–H and O–H groups in total. The predicted molar refractivity (Wildman–Crippen MR) is 127 cm³/mol. The Hall–Kier alpha value is -2.31. The van der Waals surface area contributed by atoms with Crippen LogP contribution in [0.15, 0.2) is 36.4 Å². The van der Waals surface area contributed by atoms with Crippen molar-refractivity contribution in [2.45, 2.75) is 78.0 Å². The fourth-order valence-electron chi connectivity index (χ4n) is 4.72. The lowest BCUT2D eigenvalue weighted by Gasteiger charge is -2.31. The number of hydrogen-bond acceptors (Lipinski definition) is 3. The number of aliphatic hydroxyl groups is 1. The van der Waals surface area contributed by atoms with Crippen molar-refractivity contribution in [1.82, 2.24) is 10.6 Å². The van der Waals surface area contributed by atoms with Gasteiger partial charge in [0.1, 0.15) is 11.6 Å². The van der Waals surface area contributed by atoms with Gasteiger partial charge in [-0.2, -0.15) is 0 Å². The molecule has 0 saturated carbocycles. The number of halogens is 2. The summed E-state index contributed by atoms with van der Waals surface area (Å²) >= 11 is 0. The summed E-state index contributed by atoms with van der Waals surface area (Å²) in [6, 6.07) is 9.44. The van der Waals surface area contributed by atoms with Crippen LogP contribution < -0.4 is 10.6 Å². The quantitative estimate of drug-likeness (QED) is 0.541. The minimum absolute atomic E-state index is 0.118. The zero-order chi connectivity index (χ0) is 24.2. The second-order valence-electron chi connectivity index (χ2n) is 10.5. The standard InChI is InChI=1S/C27H36F2N2O2/c1-17(32)31-25(13-19-10-21(28)14-22(29)11-19)26(33)16-30-24-7-5-6-20-9-8-18(12-23(20)24)15-27(2,3)4/h8-12,14,24-26,30,33H,5-7,13,15-16H2,1-4H3,(H,31,32)/t24?,25-,26+/m0/s1. The maximum Gasteiger partial charge on any atom is 0.217 e. The molecule has 180 valence electrons. The van der Waals surface area contributed by atoms with Gasteiger partial charge >= 0.3 is 0 Å². The topological polar surface area (TPSA) is 61.4 Å². The van der Waals surface area contributed by atoms with E-state index in [4.69, 9.17) is 0 Å². The number of nitrogens with one attached hydrogen (secondary N) is 2. The molecule has 0 aromatic heterocycles. The second-order valence-corrected chi connectivity index (χ2v) is 10.5. The molecule has 33 heavy (non-hydrogen) atoms. The van der Waals surface area contributed by atoms with Crippen molar-refractivity contribution in [3.8, 4) is 0 Å². The molecule has 0 heterocycles. The van der Waals surface area contributed by atoms with E-state index >= 15 is 0 Å². The van der Waals surface area contributed by atoms with Crippen LogP contribution >= 0.6 is 0 Å². The monoisotopic (exact) mass is 458 g/mol. The number of fused-ring (bicyclic) bond motifs is 1. The van der Waals surface area contributed by atoms with Gasteiger partial charge in [-0.25, -0.2) is 8.78 Å². The Morgan fingerprint density at radius 2 is 1.82 bits per heavy atom. The van der Waals surface area contributed by atoms with E-state index in [9.17, 15) is 18.7 Å². The molecular weight excluding hydrogens is 422 g/mol. The molecule has 4 nitrogen and oxygen atoms in total. The Labute approximate surface area is 195 Å². The molecule has 1 amide bonds. The van der Waals surface area contributed by atoms with Crippen LogP contribution in [0.5, 0.6) is 0 Å². The van der Waals surface area contributed by atoms with Crippen LogP contribution in [0.1, 0.15) is 68.8 Å². The first kappa shape index (κ1) is 25.3. The molecule has 3 atom stereocenters. The van der Waals surface area contributed by atoms with Crippen LogP contribution in [0.3, 0.4) is 0 Å². The van der Waals surface area contributed by atoms with Gasteiger partial charge in [-0.3, -0.25) is 4.79 Å². The highest BCUT2D eigenvalue weighted by atomic mass is 19.1. The van der Waals surface area contributed by atoms with E-state index in [1.807, 2.05) is 0 Å². The predicted octanol–water partition coefficient (Wildman–Crippen LogP) is 4.63. The normalized spacial score (nSPS) is 17.8. The molecule has 2 aromatic rings. The van der Waals surface area contributed by atoms with Crippen molar-refractivity contribution in [3.05, 3.63) is 70.3 Å². The minimum Gasteiger partial charge on any atom is -0.390 e. The summed E-state index contributed by atoms with van der Waals surface area (Å²) in [5, 5.41) is 17.1. The summed E-state index contributed by atoms with van der Waals surface area (Å²) in [5.41, 5.74) is 4.50. The minimum atomic E-state index is -0.914. The Kier molecular flexibility index (Phi) is 8.24. The van der Waals surface area contributed by atoms with Gasteiger partial charge in [-0.15, -0.1) is 0 Å². The number of aliphatic hydroxyl groups excluding tert-OH is 1. The van der Waals surface area contributed by atoms with Crippen LogP contribution in [-0.2, 0) is 24.1 Å². The summed E-state index contributed by atoms with van der Waals surface area (Å²) in [7, 11) is 0.